The summed E-state index contributed by atoms with van der Waals surface area (Å²) >= 11 is 0. The van der Waals surface area contributed by atoms with Crippen LogP contribution in [0.1, 0.15) is 39.0 Å². The minimum atomic E-state index is 0.234. The van der Waals surface area contributed by atoms with Gasteiger partial charge in [-0.2, -0.15) is 0 Å². The highest BCUT2D eigenvalue weighted by Crippen LogP contribution is 2.37. The number of nitrogens with two attached hydrogens (primary N) is 1. The van der Waals surface area contributed by atoms with Crippen molar-refractivity contribution >= 4 is 0 Å². The van der Waals surface area contributed by atoms with Crippen LogP contribution >= 0.6 is 0 Å². The summed E-state index contributed by atoms with van der Waals surface area (Å²) in [7, 11) is 0. The first kappa shape index (κ1) is 13.8. The molecule has 1 saturated carbocycles. The number of likely N-dealkylation sites (tertiary alicyclic amines) is 2. The van der Waals surface area contributed by atoms with Gasteiger partial charge in [-0.25, -0.2) is 0 Å². The molecule has 2 heterocycles. The number of piperidine rings is 1. The second-order valence-corrected chi connectivity index (χ2v) is 6.55. The summed E-state index contributed by atoms with van der Waals surface area (Å²) < 4.78 is 5.85. The van der Waals surface area contributed by atoms with Crippen molar-refractivity contribution < 1.29 is 4.74 Å². The lowest BCUT2D eigenvalue weighted by molar-refractivity contribution is -0.0302. The molecule has 3 rings (SSSR count). The number of hydrogen-bond acceptors (Lipinski definition) is 4. The molecule has 4 heteroatoms. The standard InChI is InChI=1S/C15H29N3O/c1-2-19-14-4-3-8-18(10-14)15(11-16)7-9-17(12-15)13-5-6-13/h13-14H,2-12,16H2,1H3. The highest BCUT2D eigenvalue weighted by atomic mass is 16.5. The largest absolute Gasteiger partial charge is 0.377 e. The van der Waals surface area contributed by atoms with Crippen molar-refractivity contribution in [3.8, 4) is 0 Å². The summed E-state index contributed by atoms with van der Waals surface area (Å²) in [6.07, 6.45) is 6.97. The van der Waals surface area contributed by atoms with E-state index in [4.69, 9.17) is 10.5 Å². The molecule has 4 nitrogen and oxygen atoms in total. The first-order chi connectivity index (χ1) is 9.27. The van der Waals surface area contributed by atoms with Gasteiger partial charge in [0.05, 0.1) is 6.10 Å². The van der Waals surface area contributed by atoms with E-state index in [1.165, 1.54) is 51.7 Å². The molecule has 110 valence electrons. The van der Waals surface area contributed by atoms with E-state index >= 15 is 0 Å². The van der Waals surface area contributed by atoms with Crippen LogP contribution in [0.2, 0.25) is 0 Å². The molecule has 0 aromatic carbocycles. The lowest BCUT2D eigenvalue weighted by Crippen LogP contribution is -2.59. The molecule has 0 radical (unpaired) electrons. The Labute approximate surface area is 117 Å². The fraction of sp³-hybridized carbons (Fsp3) is 1.00. The zero-order valence-corrected chi connectivity index (χ0v) is 12.3. The van der Waals surface area contributed by atoms with Gasteiger partial charge >= 0.3 is 0 Å². The Kier molecular flexibility index (Phi) is 4.13. The summed E-state index contributed by atoms with van der Waals surface area (Å²) in [6, 6.07) is 0.876. The number of ether oxygens (including phenoxy) is 1. The van der Waals surface area contributed by atoms with Crippen LogP contribution in [0.25, 0.3) is 0 Å². The van der Waals surface area contributed by atoms with Crippen molar-refractivity contribution in [3.63, 3.8) is 0 Å². The highest BCUT2D eigenvalue weighted by Gasteiger charge is 2.46. The van der Waals surface area contributed by atoms with Crippen LogP contribution in [0.4, 0.5) is 0 Å². The zero-order valence-electron chi connectivity index (χ0n) is 12.3. The Morgan fingerprint density at radius 3 is 2.79 bits per heavy atom. The Bertz CT molecular complexity index is 306. The lowest BCUT2D eigenvalue weighted by atomic mass is 9.92. The predicted octanol–water partition coefficient (Wildman–Crippen LogP) is 1.05. The summed E-state index contributed by atoms with van der Waals surface area (Å²) in [6.45, 7) is 8.47. The van der Waals surface area contributed by atoms with E-state index < -0.39 is 0 Å². The van der Waals surface area contributed by atoms with Gasteiger partial charge in [-0.15, -0.1) is 0 Å². The minimum Gasteiger partial charge on any atom is -0.377 e. The van der Waals surface area contributed by atoms with Crippen LogP contribution in [-0.2, 0) is 4.74 Å². The van der Waals surface area contributed by atoms with E-state index in [0.717, 1.165) is 25.7 Å². The summed E-state index contributed by atoms with van der Waals surface area (Å²) in [5, 5.41) is 0. The van der Waals surface area contributed by atoms with E-state index in [1.54, 1.807) is 0 Å². The highest BCUT2D eigenvalue weighted by molar-refractivity contribution is 5.04. The second-order valence-electron chi connectivity index (χ2n) is 6.55. The van der Waals surface area contributed by atoms with E-state index in [2.05, 4.69) is 16.7 Å². The monoisotopic (exact) mass is 267 g/mol. The van der Waals surface area contributed by atoms with Crippen molar-refractivity contribution in [2.75, 3.05) is 39.3 Å². The van der Waals surface area contributed by atoms with E-state index in [1.807, 2.05) is 0 Å². The molecule has 3 aliphatic rings. The van der Waals surface area contributed by atoms with E-state index in [-0.39, 0.29) is 5.54 Å². The molecular weight excluding hydrogens is 238 g/mol. The normalized spacial score (nSPS) is 37.9. The number of hydrogen-bond donors (Lipinski definition) is 1. The van der Waals surface area contributed by atoms with Gasteiger partial charge in [0.2, 0.25) is 0 Å². The SMILES string of the molecule is CCOC1CCCN(C2(CN)CCN(C3CC3)C2)C1. The molecule has 1 aliphatic carbocycles. The lowest BCUT2D eigenvalue weighted by Gasteiger charge is -2.45. The van der Waals surface area contributed by atoms with Crippen molar-refractivity contribution in [2.24, 2.45) is 5.73 Å². The van der Waals surface area contributed by atoms with Crippen molar-refractivity contribution in [3.05, 3.63) is 0 Å². The number of nitrogens with zero attached hydrogens (tertiary/aromatic N) is 2. The third kappa shape index (κ3) is 2.82. The Hall–Kier alpha value is -0.160. The summed E-state index contributed by atoms with van der Waals surface area (Å²) in [5.74, 6) is 0. The summed E-state index contributed by atoms with van der Waals surface area (Å²) in [4.78, 5) is 5.33. The Morgan fingerprint density at radius 2 is 2.11 bits per heavy atom. The van der Waals surface area contributed by atoms with Gasteiger partial charge in [-0.1, -0.05) is 0 Å². The molecule has 0 spiro atoms. The van der Waals surface area contributed by atoms with Gasteiger partial charge in [0, 0.05) is 44.4 Å². The van der Waals surface area contributed by atoms with Crippen molar-refractivity contribution in [1.29, 1.82) is 0 Å². The predicted molar refractivity (Wildman–Crippen MR) is 77.2 cm³/mol. The summed E-state index contributed by atoms with van der Waals surface area (Å²) in [5.41, 5.74) is 6.43. The Balaban J connectivity index is 1.64. The molecule has 0 aromatic rings. The average molecular weight is 267 g/mol. The first-order valence-corrected chi connectivity index (χ1v) is 8.08. The number of rotatable bonds is 5. The third-order valence-corrected chi connectivity index (χ3v) is 5.26. The molecule has 0 aromatic heterocycles. The van der Waals surface area contributed by atoms with Crippen LogP contribution in [0, 0.1) is 0 Å². The van der Waals surface area contributed by atoms with Gasteiger partial charge in [0.1, 0.15) is 0 Å². The average Bonchev–Trinajstić information content (AvgIpc) is 3.19. The van der Waals surface area contributed by atoms with Gasteiger partial charge in [-0.05, 0) is 45.6 Å². The molecule has 3 fully saturated rings. The maximum atomic E-state index is 6.19. The zero-order chi connectivity index (χ0) is 13.3. The van der Waals surface area contributed by atoms with Crippen LogP contribution in [-0.4, -0.2) is 66.8 Å². The van der Waals surface area contributed by atoms with Gasteiger partial charge in [0.15, 0.2) is 0 Å². The van der Waals surface area contributed by atoms with E-state index in [0.29, 0.717) is 6.10 Å². The first-order valence-electron chi connectivity index (χ1n) is 8.08. The van der Waals surface area contributed by atoms with Gasteiger partial charge in [0.25, 0.3) is 0 Å². The Morgan fingerprint density at radius 1 is 1.26 bits per heavy atom. The molecule has 2 atom stereocenters. The van der Waals surface area contributed by atoms with E-state index in [9.17, 15) is 0 Å². The van der Waals surface area contributed by atoms with Crippen LogP contribution in [0.15, 0.2) is 0 Å². The molecular formula is C15H29N3O. The third-order valence-electron chi connectivity index (χ3n) is 5.26. The van der Waals surface area contributed by atoms with Crippen molar-refractivity contribution in [2.45, 2.75) is 56.7 Å². The molecule has 2 saturated heterocycles. The smallest absolute Gasteiger partial charge is 0.0702 e. The van der Waals surface area contributed by atoms with Crippen molar-refractivity contribution in [1.82, 2.24) is 9.80 Å². The molecule has 0 amide bonds. The van der Waals surface area contributed by atoms with Gasteiger partial charge < -0.3 is 10.5 Å². The fourth-order valence-corrected chi connectivity index (χ4v) is 3.93. The van der Waals surface area contributed by atoms with Crippen LogP contribution in [0.3, 0.4) is 0 Å². The van der Waals surface area contributed by atoms with Crippen LogP contribution in [0.5, 0.6) is 0 Å². The maximum Gasteiger partial charge on any atom is 0.0702 e. The van der Waals surface area contributed by atoms with Gasteiger partial charge in [-0.3, -0.25) is 9.80 Å². The molecule has 2 unspecified atom stereocenters. The minimum absolute atomic E-state index is 0.234. The maximum absolute atomic E-state index is 6.19. The molecule has 2 N–H and O–H groups in total. The second kappa shape index (κ2) is 5.68. The quantitative estimate of drug-likeness (QED) is 0.808. The molecule has 19 heavy (non-hydrogen) atoms. The molecule has 0 bridgehead atoms. The topological polar surface area (TPSA) is 41.7 Å². The fourth-order valence-electron chi connectivity index (χ4n) is 3.93. The van der Waals surface area contributed by atoms with Crippen LogP contribution < -0.4 is 5.73 Å². The molecule has 2 aliphatic heterocycles.